The summed E-state index contributed by atoms with van der Waals surface area (Å²) in [4.78, 5) is 15.8. The number of aromatic nitrogens is 2. The van der Waals surface area contributed by atoms with Gasteiger partial charge in [0.25, 0.3) is 0 Å². The molecule has 3 heterocycles. The van der Waals surface area contributed by atoms with Crippen molar-refractivity contribution in [1.82, 2.24) is 14.7 Å². The second-order valence-electron chi connectivity index (χ2n) is 10.9. The third-order valence-corrected chi connectivity index (χ3v) is 7.41. The Balaban J connectivity index is 1.42. The summed E-state index contributed by atoms with van der Waals surface area (Å²) in [5, 5.41) is 7.21. The first-order chi connectivity index (χ1) is 16.6. The van der Waals surface area contributed by atoms with Crippen LogP contribution in [0.5, 0.6) is 0 Å². The molecule has 0 saturated carbocycles. The minimum atomic E-state index is -4.45. The second-order valence-corrected chi connectivity index (χ2v) is 10.9. The maximum absolute atomic E-state index is 13.9. The third kappa shape index (κ3) is 6.46. The smallest absolute Gasteiger partial charge is 0.363 e. The number of likely N-dealkylation sites (tertiary alicyclic amines) is 1. The van der Waals surface area contributed by atoms with Crippen molar-refractivity contribution in [2.45, 2.75) is 83.5 Å². The van der Waals surface area contributed by atoms with Gasteiger partial charge in [-0.15, -0.1) is 0 Å². The van der Waals surface area contributed by atoms with Gasteiger partial charge in [-0.1, -0.05) is 57.0 Å². The lowest BCUT2D eigenvalue weighted by Gasteiger charge is -2.34. The standard InChI is InChI=1S/C27H37F3N4O/c1-26(2,13-7-10-16-33-14-8-4-9-15-33)18-23(35)21-19-31-34-24(27(28,29)30)17-22(32-25(21)34)20-11-5-3-6-12-20/h3,5-6,11-12,19,22,24,32H,4,7-10,13-18H2,1-2H3/t22-,24+/m1/s1. The Hall–Kier alpha value is -2.35. The molecule has 0 unspecified atom stereocenters. The highest BCUT2D eigenvalue weighted by atomic mass is 19.4. The Labute approximate surface area is 206 Å². The van der Waals surface area contributed by atoms with Crippen molar-refractivity contribution < 1.29 is 18.0 Å². The zero-order valence-corrected chi connectivity index (χ0v) is 20.8. The minimum Gasteiger partial charge on any atom is -0.363 e. The third-order valence-electron chi connectivity index (χ3n) is 7.41. The number of Topliss-reactive ketones (excluding diaryl/α,β-unsaturated/α-hetero) is 1. The maximum atomic E-state index is 13.9. The van der Waals surface area contributed by atoms with E-state index in [4.69, 9.17) is 0 Å². The van der Waals surface area contributed by atoms with Gasteiger partial charge in [0.2, 0.25) is 0 Å². The van der Waals surface area contributed by atoms with Crippen LogP contribution in [-0.4, -0.2) is 46.3 Å². The number of rotatable bonds is 9. The van der Waals surface area contributed by atoms with Gasteiger partial charge in [-0.2, -0.15) is 18.3 Å². The van der Waals surface area contributed by atoms with E-state index in [9.17, 15) is 18.0 Å². The van der Waals surface area contributed by atoms with Gasteiger partial charge < -0.3 is 10.2 Å². The first kappa shape index (κ1) is 25.7. The summed E-state index contributed by atoms with van der Waals surface area (Å²) >= 11 is 0. The van der Waals surface area contributed by atoms with Crippen LogP contribution in [0.1, 0.15) is 93.2 Å². The fraction of sp³-hybridized carbons (Fsp3) is 0.630. The molecule has 0 radical (unpaired) electrons. The Bertz CT molecular complexity index is 980. The Kier molecular flexibility index (Phi) is 7.89. The number of ketones is 1. The number of alkyl halides is 3. The van der Waals surface area contributed by atoms with Crippen LogP contribution in [0.2, 0.25) is 0 Å². The zero-order valence-electron chi connectivity index (χ0n) is 20.8. The first-order valence-electron chi connectivity index (χ1n) is 12.9. The van der Waals surface area contributed by atoms with Crippen molar-refractivity contribution in [2.75, 3.05) is 25.0 Å². The average molecular weight is 491 g/mol. The van der Waals surface area contributed by atoms with Gasteiger partial charge in [0.1, 0.15) is 5.82 Å². The molecule has 2 aromatic rings. The topological polar surface area (TPSA) is 50.2 Å². The molecule has 192 valence electrons. The summed E-state index contributed by atoms with van der Waals surface area (Å²) in [6, 6.07) is 6.77. The van der Waals surface area contributed by atoms with Crippen molar-refractivity contribution in [3.63, 3.8) is 0 Å². The van der Waals surface area contributed by atoms with E-state index in [2.05, 4.69) is 29.2 Å². The molecule has 5 nitrogen and oxygen atoms in total. The van der Waals surface area contributed by atoms with Crippen molar-refractivity contribution in [3.8, 4) is 0 Å². The summed E-state index contributed by atoms with van der Waals surface area (Å²) in [5.41, 5.74) is 0.785. The maximum Gasteiger partial charge on any atom is 0.410 e. The van der Waals surface area contributed by atoms with Crippen LogP contribution in [-0.2, 0) is 0 Å². The molecule has 2 aliphatic rings. The molecule has 0 spiro atoms. The molecule has 8 heteroatoms. The normalized spacial score (nSPS) is 21.4. The van der Waals surface area contributed by atoms with E-state index in [1.54, 1.807) is 0 Å². The molecule has 35 heavy (non-hydrogen) atoms. The molecule has 0 bridgehead atoms. The largest absolute Gasteiger partial charge is 0.410 e. The van der Waals surface area contributed by atoms with Gasteiger partial charge in [-0.3, -0.25) is 4.79 Å². The number of carbonyl (C=O) groups is 1. The van der Waals surface area contributed by atoms with Crippen LogP contribution < -0.4 is 5.32 Å². The molecule has 1 fully saturated rings. The van der Waals surface area contributed by atoms with Crippen LogP contribution in [0.3, 0.4) is 0 Å². The molecular weight excluding hydrogens is 453 g/mol. The zero-order chi connectivity index (χ0) is 25.1. The number of benzene rings is 1. The predicted octanol–water partition coefficient (Wildman–Crippen LogP) is 6.80. The molecule has 2 atom stereocenters. The molecule has 4 rings (SSSR count). The van der Waals surface area contributed by atoms with Crippen LogP contribution in [0, 0.1) is 5.41 Å². The fourth-order valence-electron chi connectivity index (χ4n) is 5.41. The highest BCUT2D eigenvalue weighted by Gasteiger charge is 2.47. The van der Waals surface area contributed by atoms with Crippen LogP contribution in [0.4, 0.5) is 19.0 Å². The highest BCUT2D eigenvalue weighted by Crippen LogP contribution is 2.45. The van der Waals surface area contributed by atoms with E-state index >= 15 is 0 Å². The lowest BCUT2D eigenvalue weighted by Crippen LogP contribution is -2.36. The number of carbonyl (C=O) groups excluding carboxylic acids is 1. The Morgan fingerprint density at radius 2 is 1.80 bits per heavy atom. The number of nitrogens with zero attached hydrogens (tertiary/aromatic N) is 3. The monoisotopic (exact) mass is 490 g/mol. The van der Waals surface area contributed by atoms with Crippen LogP contribution in [0.15, 0.2) is 36.5 Å². The summed E-state index contributed by atoms with van der Waals surface area (Å²) in [6.45, 7) is 7.61. The molecule has 1 aromatic carbocycles. The number of anilines is 1. The molecular formula is C27H37F3N4O. The summed E-state index contributed by atoms with van der Waals surface area (Å²) in [7, 11) is 0. The van der Waals surface area contributed by atoms with E-state index < -0.39 is 18.3 Å². The summed E-state index contributed by atoms with van der Waals surface area (Å²) in [6.07, 6.45) is 3.90. The number of halogens is 3. The molecule has 0 aliphatic carbocycles. The van der Waals surface area contributed by atoms with E-state index in [0.717, 1.165) is 36.1 Å². The molecule has 2 aliphatic heterocycles. The molecule has 1 aromatic heterocycles. The van der Waals surface area contributed by atoms with Gasteiger partial charge in [0, 0.05) is 12.8 Å². The summed E-state index contributed by atoms with van der Waals surface area (Å²) < 4.78 is 42.7. The van der Waals surface area contributed by atoms with Gasteiger partial charge in [-0.25, -0.2) is 4.68 Å². The number of piperidine rings is 1. The number of fused-ring (bicyclic) bond motifs is 1. The number of unbranched alkanes of at least 4 members (excludes halogenated alkanes) is 1. The molecule has 1 saturated heterocycles. The Morgan fingerprint density at radius 3 is 2.49 bits per heavy atom. The highest BCUT2D eigenvalue weighted by molar-refractivity contribution is 6.00. The van der Waals surface area contributed by atoms with Gasteiger partial charge in [0.15, 0.2) is 11.8 Å². The molecule has 0 amide bonds. The van der Waals surface area contributed by atoms with E-state index in [1.165, 1.54) is 38.5 Å². The van der Waals surface area contributed by atoms with E-state index in [1.807, 2.05) is 30.3 Å². The number of hydrogen-bond acceptors (Lipinski definition) is 4. The molecule has 1 N–H and O–H groups in total. The number of nitrogens with one attached hydrogen (secondary N) is 1. The van der Waals surface area contributed by atoms with Crippen molar-refractivity contribution in [1.29, 1.82) is 0 Å². The minimum absolute atomic E-state index is 0.158. The van der Waals surface area contributed by atoms with E-state index in [0.29, 0.717) is 0 Å². The van der Waals surface area contributed by atoms with Crippen molar-refractivity contribution in [3.05, 3.63) is 47.7 Å². The van der Waals surface area contributed by atoms with Gasteiger partial charge >= 0.3 is 6.18 Å². The fourth-order valence-corrected chi connectivity index (χ4v) is 5.41. The first-order valence-corrected chi connectivity index (χ1v) is 12.9. The van der Waals surface area contributed by atoms with Crippen LogP contribution in [0.25, 0.3) is 0 Å². The quantitative estimate of drug-likeness (QED) is 0.310. The predicted molar refractivity (Wildman–Crippen MR) is 132 cm³/mol. The van der Waals surface area contributed by atoms with Gasteiger partial charge in [0.05, 0.1) is 17.8 Å². The Morgan fingerprint density at radius 1 is 1.09 bits per heavy atom. The lowest BCUT2D eigenvalue weighted by atomic mass is 9.81. The van der Waals surface area contributed by atoms with Crippen molar-refractivity contribution >= 4 is 11.6 Å². The van der Waals surface area contributed by atoms with Crippen molar-refractivity contribution in [2.24, 2.45) is 5.41 Å². The SMILES string of the molecule is CC(C)(CCCCN1CCCCC1)CC(=O)c1cnn2c1N[C@@H](c1ccccc1)C[C@H]2C(F)(F)F. The average Bonchev–Trinajstić information content (AvgIpc) is 3.26. The van der Waals surface area contributed by atoms with Crippen LogP contribution >= 0.6 is 0 Å². The summed E-state index contributed by atoms with van der Waals surface area (Å²) in [5.74, 6) is 0.0211. The lowest BCUT2D eigenvalue weighted by molar-refractivity contribution is -0.173. The second kappa shape index (κ2) is 10.7. The van der Waals surface area contributed by atoms with Gasteiger partial charge in [-0.05, 0) is 56.3 Å². The van der Waals surface area contributed by atoms with E-state index in [-0.39, 0.29) is 35.4 Å². The number of hydrogen-bond donors (Lipinski definition) is 1.